The zero-order chi connectivity index (χ0) is 8.27. The Morgan fingerprint density at radius 3 is 3.00 bits per heavy atom. The maximum atomic E-state index is 10.9. The molecule has 0 spiro atoms. The van der Waals surface area contributed by atoms with E-state index >= 15 is 0 Å². The largest absolute Gasteiger partial charge is 0.354 e. The van der Waals surface area contributed by atoms with Crippen molar-refractivity contribution in [2.24, 2.45) is 0 Å². The van der Waals surface area contributed by atoms with Crippen molar-refractivity contribution < 1.29 is 4.79 Å². The number of hydrogen-bond donors (Lipinski definition) is 1. The van der Waals surface area contributed by atoms with E-state index in [0.717, 1.165) is 0 Å². The van der Waals surface area contributed by atoms with Crippen LogP contribution in [0.25, 0.3) is 0 Å². The Balaban J connectivity index is 3.03. The number of amides is 1. The van der Waals surface area contributed by atoms with Crippen LogP contribution < -0.4 is 5.32 Å². The fourth-order valence-electron chi connectivity index (χ4n) is 0.589. The molecule has 0 aliphatic carbocycles. The number of carbonyl (C=O) groups is 1. The lowest BCUT2D eigenvalue weighted by atomic mass is 10.4. The minimum Gasteiger partial charge on any atom is -0.354 e. The van der Waals surface area contributed by atoms with Crippen molar-refractivity contribution in [3.8, 4) is 0 Å². The molecule has 0 fully saturated rings. The molecule has 0 aliphatic rings. The van der Waals surface area contributed by atoms with Crippen LogP contribution in [0.2, 0.25) is 5.02 Å². The maximum Gasteiger partial charge on any atom is 0.273 e. The molecule has 0 radical (unpaired) electrons. The van der Waals surface area contributed by atoms with Crippen molar-refractivity contribution in [3.63, 3.8) is 0 Å². The second-order valence-electron chi connectivity index (χ2n) is 1.81. The molecule has 58 valence electrons. The summed E-state index contributed by atoms with van der Waals surface area (Å²) in [7, 11) is 1.51. The molecular formula is C6H6ClN3O. The van der Waals surface area contributed by atoms with Gasteiger partial charge in [-0.2, -0.15) is 5.10 Å². The standard InChI is InChI=1S/C6H6ClN3O/c1-8-6(11)5-4(7)2-3-9-10-5/h2-3H,1H3,(H,8,11). The predicted octanol–water partition coefficient (Wildman–Crippen LogP) is 0.490. The Hall–Kier alpha value is -1.16. The highest BCUT2D eigenvalue weighted by Gasteiger charge is 2.08. The topological polar surface area (TPSA) is 54.9 Å². The Kier molecular flexibility index (Phi) is 2.38. The summed E-state index contributed by atoms with van der Waals surface area (Å²) in [5, 5.41) is 9.78. The Bertz CT molecular complexity index is 276. The van der Waals surface area contributed by atoms with E-state index in [2.05, 4.69) is 15.5 Å². The third kappa shape index (κ3) is 1.65. The summed E-state index contributed by atoms with van der Waals surface area (Å²) in [4.78, 5) is 10.9. The first kappa shape index (κ1) is 7.94. The molecule has 5 heteroatoms. The molecule has 1 amide bonds. The lowest BCUT2D eigenvalue weighted by molar-refractivity contribution is 0.0957. The molecule has 4 nitrogen and oxygen atoms in total. The highest BCUT2D eigenvalue weighted by Crippen LogP contribution is 2.09. The van der Waals surface area contributed by atoms with Gasteiger partial charge in [-0.3, -0.25) is 4.79 Å². The second-order valence-corrected chi connectivity index (χ2v) is 2.21. The van der Waals surface area contributed by atoms with Gasteiger partial charge < -0.3 is 5.32 Å². The van der Waals surface area contributed by atoms with Crippen LogP contribution in [0.15, 0.2) is 12.3 Å². The fraction of sp³-hybridized carbons (Fsp3) is 0.167. The molecule has 0 saturated carbocycles. The van der Waals surface area contributed by atoms with Gasteiger partial charge in [0.05, 0.1) is 11.2 Å². The third-order valence-electron chi connectivity index (χ3n) is 1.11. The van der Waals surface area contributed by atoms with Gasteiger partial charge in [0.15, 0.2) is 5.69 Å². The van der Waals surface area contributed by atoms with Crippen molar-refractivity contribution in [2.45, 2.75) is 0 Å². The van der Waals surface area contributed by atoms with E-state index in [1.165, 1.54) is 19.3 Å². The fourth-order valence-corrected chi connectivity index (χ4v) is 0.769. The lowest BCUT2D eigenvalue weighted by Gasteiger charge is -1.97. The van der Waals surface area contributed by atoms with Crippen LogP contribution in [-0.4, -0.2) is 23.2 Å². The number of halogens is 1. The van der Waals surface area contributed by atoms with Crippen LogP contribution in [-0.2, 0) is 0 Å². The van der Waals surface area contributed by atoms with Crippen LogP contribution in [0.5, 0.6) is 0 Å². The maximum absolute atomic E-state index is 10.9. The number of hydrogen-bond acceptors (Lipinski definition) is 3. The Labute approximate surface area is 68.6 Å². The average Bonchev–Trinajstić information content (AvgIpc) is 2.04. The first-order valence-corrected chi connectivity index (χ1v) is 3.32. The Morgan fingerprint density at radius 2 is 2.45 bits per heavy atom. The third-order valence-corrected chi connectivity index (χ3v) is 1.42. The number of nitrogens with one attached hydrogen (secondary N) is 1. The highest BCUT2D eigenvalue weighted by atomic mass is 35.5. The summed E-state index contributed by atoms with van der Waals surface area (Å²) in [6.07, 6.45) is 1.43. The van der Waals surface area contributed by atoms with Gasteiger partial charge >= 0.3 is 0 Å². The summed E-state index contributed by atoms with van der Waals surface area (Å²) in [5.74, 6) is -0.330. The molecule has 0 aliphatic heterocycles. The van der Waals surface area contributed by atoms with Gasteiger partial charge in [0, 0.05) is 7.05 Å². The van der Waals surface area contributed by atoms with Gasteiger partial charge in [0.25, 0.3) is 5.91 Å². The molecule has 1 heterocycles. The van der Waals surface area contributed by atoms with Gasteiger partial charge in [0.2, 0.25) is 0 Å². The minimum absolute atomic E-state index is 0.150. The van der Waals surface area contributed by atoms with E-state index in [1.807, 2.05) is 0 Å². The van der Waals surface area contributed by atoms with Crippen LogP contribution in [0.4, 0.5) is 0 Å². The molecule has 1 aromatic heterocycles. The SMILES string of the molecule is CNC(=O)c1nnccc1Cl. The summed E-state index contributed by atoms with van der Waals surface area (Å²) in [6, 6.07) is 1.51. The molecule has 11 heavy (non-hydrogen) atoms. The lowest BCUT2D eigenvalue weighted by Crippen LogP contribution is -2.19. The van der Waals surface area contributed by atoms with Gasteiger partial charge in [-0.1, -0.05) is 11.6 Å². The van der Waals surface area contributed by atoms with Crippen LogP contribution in [0.1, 0.15) is 10.5 Å². The van der Waals surface area contributed by atoms with Gasteiger partial charge in [-0.05, 0) is 6.07 Å². The zero-order valence-corrected chi connectivity index (χ0v) is 6.59. The zero-order valence-electron chi connectivity index (χ0n) is 5.84. The van der Waals surface area contributed by atoms with E-state index in [9.17, 15) is 4.79 Å². The van der Waals surface area contributed by atoms with Crippen LogP contribution in [0, 0.1) is 0 Å². The molecule has 1 aromatic rings. The van der Waals surface area contributed by atoms with Crippen LogP contribution in [0.3, 0.4) is 0 Å². The number of aromatic nitrogens is 2. The van der Waals surface area contributed by atoms with Crippen molar-refractivity contribution in [1.82, 2.24) is 15.5 Å². The highest BCUT2D eigenvalue weighted by molar-refractivity contribution is 6.33. The number of nitrogens with zero attached hydrogens (tertiary/aromatic N) is 2. The van der Waals surface area contributed by atoms with Crippen molar-refractivity contribution in [3.05, 3.63) is 23.0 Å². The predicted molar refractivity (Wildman–Crippen MR) is 40.4 cm³/mol. The number of rotatable bonds is 1. The molecule has 1 N–H and O–H groups in total. The first-order valence-electron chi connectivity index (χ1n) is 2.95. The van der Waals surface area contributed by atoms with Gasteiger partial charge in [-0.25, -0.2) is 0 Å². The molecular weight excluding hydrogens is 166 g/mol. The van der Waals surface area contributed by atoms with E-state index in [-0.39, 0.29) is 11.6 Å². The van der Waals surface area contributed by atoms with Crippen molar-refractivity contribution >= 4 is 17.5 Å². The average molecular weight is 172 g/mol. The smallest absolute Gasteiger partial charge is 0.273 e. The van der Waals surface area contributed by atoms with Crippen molar-refractivity contribution in [1.29, 1.82) is 0 Å². The van der Waals surface area contributed by atoms with Gasteiger partial charge in [0.1, 0.15) is 0 Å². The summed E-state index contributed by atoms with van der Waals surface area (Å²) in [5.41, 5.74) is 0.150. The summed E-state index contributed by atoms with van der Waals surface area (Å²) < 4.78 is 0. The molecule has 0 saturated heterocycles. The molecule has 0 aromatic carbocycles. The van der Waals surface area contributed by atoms with E-state index in [1.54, 1.807) is 0 Å². The summed E-state index contributed by atoms with van der Waals surface area (Å²) in [6.45, 7) is 0. The molecule has 0 atom stereocenters. The first-order chi connectivity index (χ1) is 5.25. The number of carbonyl (C=O) groups excluding carboxylic acids is 1. The molecule has 1 rings (SSSR count). The minimum atomic E-state index is -0.330. The van der Waals surface area contributed by atoms with E-state index in [4.69, 9.17) is 11.6 Å². The quantitative estimate of drug-likeness (QED) is 0.669. The monoisotopic (exact) mass is 171 g/mol. The normalized spacial score (nSPS) is 9.27. The van der Waals surface area contributed by atoms with Crippen LogP contribution >= 0.6 is 11.6 Å². The molecule has 0 unspecified atom stereocenters. The molecule has 0 bridgehead atoms. The van der Waals surface area contributed by atoms with Gasteiger partial charge in [-0.15, -0.1) is 5.10 Å². The summed E-state index contributed by atoms with van der Waals surface area (Å²) >= 11 is 5.63. The van der Waals surface area contributed by atoms with E-state index in [0.29, 0.717) is 5.02 Å². The van der Waals surface area contributed by atoms with E-state index < -0.39 is 0 Å². The second kappa shape index (κ2) is 3.30. The Morgan fingerprint density at radius 1 is 1.73 bits per heavy atom. The van der Waals surface area contributed by atoms with Crippen molar-refractivity contribution in [2.75, 3.05) is 7.05 Å².